The molecule has 3 aromatic rings. The second kappa shape index (κ2) is 10.6. The van der Waals surface area contributed by atoms with Gasteiger partial charge in [0.15, 0.2) is 5.65 Å². The van der Waals surface area contributed by atoms with Crippen LogP contribution in [-0.2, 0) is 17.8 Å². The van der Waals surface area contributed by atoms with E-state index in [1.54, 1.807) is 7.11 Å². The topological polar surface area (TPSA) is 117 Å². The molecule has 210 valence electrons. The highest BCUT2D eigenvalue weighted by atomic mass is 19.4. The van der Waals surface area contributed by atoms with Gasteiger partial charge >= 0.3 is 12.1 Å². The smallest absolute Gasteiger partial charge is 0.490 e. The molecule has 2 aliphatic heterocycles. The maximum atomic E-state index is 10.6. The summed E-state index contributed by atoms with van der Waals surface area (Å²) in [5.41, 5.74) is 5.01. The monoisotopic (exact) mass is 547 g/mol. The van der Waals surface area contributed by atoms with Gasteiger partial charge in [0.05, 0.1) is 30.4 Å². The summed E-state index contributed by atoms with van der Waals surface area (Å²) in [5, 5.41) is 19.7. The molecule has 0 atom stereocenters. The highest BCUT2D eigenvalue weighted by Gasteiger charge is 2.46. The molecule has 10 nitrogen and oxygen atoms in total. The zero-order valence-electron chi connectivity index (χ0n) is 21.9. The lowest BCUT2D eigenvalue weighted by atomic mass is 9.60. The number of ether oxygens (including phenoxy) is 1. The predicted octanol–water partition coefficient (Wildman–Crippen LogP) is 3.90. The van der Waals surface area contributed by atoms with Crippen LogP contribution in [0.2, 0.25) is 0 Å². The summed E-state index contributed by atoms with van der Waals surface area (Å²) < 4.78 is 39.5. The zero-order valence-corrected chi connectivity index (χ0v) is 21.9. The molecule has 2 fully saturated rings. The van der Waals surface area contributed by atoms with Crippen LogP contribution in [0.25, 0.3) is 11.0 Å². The summed E-state index contributed by atoms with van der Waals surface area (Å²) >= 11 is 0. The van der Waals surface area contributed by atoms with Gasteiger partial charge in [-0.2, -0.15) is 23.3 Å². The van der Waals surface area contributed by atoms with Crippen LogP contribution in [0.3, 0.4) is 0 Å². The highest BCUT2D eigenvalue weighted by molar-refractivity contribution is 5.76. The van der Waals surface area contributed by atoms with Gasteiger partial charge in [-0.15, -0.1) is 0 Å². The molecule has 0 unspecified atom stereocenters. The van der Waals surface area contributed by atoms with Crippen LogP contribution in [0.1, 0.15) is 42.9 Å². The number of hydrogen-bond acceptors (Lipinski definition) is 8. The molecule has 0 radical (unpaired) electrons. The van der Waals surface area contributed by atoms with Gasteiger partial charge in [0.25, 0.3) is 0 Å². The molecule has 1 saturated heterocycles. The van der Waals surface area contributed by atoms with Crippen LogP contribution in [0.5, 0.6) is 5.75 Å². The number of methoxy groups -OCH3 is 1. The third-order valence-electron chi connectivity index (χ3n) is 7.90. The molecular weight excluding hydrogens is 515 g/mol. The van der Waals surface area contributed by atoms with E-state index in [0.29, 0.717) is 17.4 Å². The SMILES string of the molecule is COc1cc2c(cc1Nc1ncc3cnn(C4CC5(CCNCC5)C4)c3n1)CN(C)CC2.O=C(O)C(F)(F)F. The number of aromatic nitrogens is 4. The van der Waals surface area contributed by atoms with Crippen LogP contribution >= 0.6 is 0 Å². The van der Waals surface area contributed by atoms with E-state index in [1.807, 2.05) is 12.4 Å². The Bertz CT molecular complexity index is 1350. The van der Waals surface area contributed by atoms with E-state index in [4.69, 9.17) is 19.6 Å². The van der Waals surface area contributed by atoms with Crippen molar-refractivity contribution < 1.29 is 27.8 Å². The summed E-state index contributed by atoms with van der Waals surface area (Å²) in [6.07, 6.45) is 4.67. The molecule has 0 bridgehead atoms. The molecule has 1 aromatic carbocycles. The number of likely N-dealkylation sites (N-methyl/N-ethyl adjacent to an activating group) is 1. The van der Waals surface area contributed by atoms with Crippen LogP contribution in [-0.4, -0.2) is 75.7 Å². The van der Waals surface area contributed by atoms with Gasteiger partial charge in [-0.1, -0.05) is 0 Å². The molecule has 0 amide bonds. The second-order valence-electron chi connectivity index (χ2n) is 10.6. The van der Waals surface area contributed by atoms with Gasteiger partial charge in [-0.25, -0.2) is 14.5 Å². The van der Waals surface area contributed by atoms with Crippen molar-refractivity contribution in [2.45, 2.75) is 50.9 Å². The van der Waals surface area contributed by atoms with Gasteiger partial charge in [0.1, 0.15) is 5.75 Å². The maximum absolute atomic E-state index is 10.6. The van der Waals surface area contributed by atoms with E-state index < -0.39 is 12.1 Å². The first-order valence-corrected chi connectivity index (χ1v) is 12.9. The molecule has 2 aromatic heterocycles. The summed E-state index contributed by atoms with van der Waals surface area (Å²) in [6, 6.07) is 4.77. The Hall–Kier alpha value is -3.45. The Balaban J connectivity index is 0.000000392. The fourth-order valence-electron chi connectivity index (χ4n) is 5.76. The van der Waals surface area contributed by atoms with Crippen molar-refractivity contribution >= 4 is 28.6 Å². The molecule has 3 N–H and O–H groups in total. The number of hydrogen-bond donors (Lipinski definition) is 3. The molecule has 1 aliphatic carbocycles. The van der Waals surface area contributed by atoms with Gasteiger partial charge < -0.3 is 25.4 Å². The highest BCUT2D eigenvalue weighted by Crippen LogP contribution is 2.54. The van der Waals surface area contributed by atoms with E-state index in [9.17, 15) is 13.2 Å². The minimum absolute atomic E-state index is 0.433. The average molecular weight is 548 g/mol. The number of aliphatic carboxylic acids is 1. The van der Waals surface area contributed by atoms with E-state index in [1.165, 1.54) is 36.8 Å². The third kappa shape index (κ3) is 5.78. The molecular formula is C26H32F3N7O3. The maximum Gasteiger partial charge on any atom is 0.490 e. The third-order valence-corrected chi connectivity index (χ3v) is 7.90. The molecule has 6 rings (SSSR count). The lowest BCUT2D eigenvalue weighted by Gasteiger charge is -2.50. The van der Waals surface area contributed by atoms with Crippen LogP contribution < -0.4 is 15.4 Å². The normalized spacial score (nSPS) is 19.1. The van der Waals surface area contributed by atoms with Gasteiger partial charge in [-0.05, 0) is 80.9 Å². The number of rotatable bonds is 4. The first kappa shape index (κ1) is 27.1. The van der Waals surface area contributed by atoms with Crippen molar-refractivity contribution in [2.24, 2.45) is 5.41 Å². The Morgan fingerprint density at radius 2 is 1.92 bits per heavy atom. The minimum atomic E-state index is -5.08. The first-order valence-electron chi connectivity index (χ1n) is 12.9. The number of carbonyl (C=O) groups is 1. The Kier molecular flexibility index (Phi) is 7.38. The molecule has 1 saturated carbocycles. The number of fused-ring (bicyclic) bond motifs is 2. The van der Waals surface area contributed by atoms with Crippen molar-refractivity contribution in [1.29, 1.82) is 0 Å². The number of carboxylic acids is 1. The zero-order chi connectivity index (χ0) is 27.8. The van der Waals surface area contributed by atoms with E-state index in [-0.39, 0.29) is 0 Å². The molecule has 3 aliphatic rings. The van der Waals surface area contributed by atoms with Crippen molar-refractivity contribution in [3.63, 3.8) is 0 Å². The van der Waals surface area contributed by atoms with Crippen molar-refractivity contribution in [1.82, 2.24) is 30.0 Å². The quantitative estimate of drug-likeness (QED) is 0.447. The Morgan fingerprint density at radius 1 is 1.21 bits per heavy atom. The standard InChI is InChI=1S/C24H31N7O.C2HF3O2/c1-30-8-3-16-10-21(32-2)20(9-17(16)15-30)28-23-26-13-18-14-27-31(22(18)29-23)19-11-24(12-19)4-6-25-7-5-24;3-2(4,5)1(6)7/h9-10,13-14,19,25H,3-8,11-12,15H2,1-2H3,(H,26,28,29);(H,6,7). The lowest BCUT2D eigenvalue weighted by molar-refractivity contribution is -0.192. The summed E-state index contributed by atoms with van der Waals surface area (Å²) in [6.45, 7) is 4.30. The van der Waals surface area contributed by atoms with E-state index in [0.717, 1.165) is 55.1 Å². The molecule has 13 heteroatoms. The number of piperidine rings is 1. The van der Waals surface area contributed by atoms with Gasteiger partial charge in [-0.3, -0.25) is 0 Å². The number of benzene rings is 1. The van der Waals surface area contributed by atoms with Crippen LogP contribution in [0, 0.1) is 5.41 Å². The lowest BCUT2D eigenvalue weighted by Crippen LogP contribution is -2.46. The summed E-state index contributed by atoms with van der Waals surface area (Å²) in [7, 11) is 3.88. The first-order chi connectivity index (χ1) is 18.6. The number of anilines is 2. The number of nitrogens with one attached hydrogen (secondary N) is 2. The van der Waals surface area contributed by atoms with E-state index >= 15 is 0 Å². The van der Waals surface area contributed by atoms with Crippen LogP contribution in [0.4, 0.5) is 24.8 Å². The summed E-state index contributed by atoms with van der Waals surface area (Å²) in [5.74, 6) is -1.34. The molecule has 4 heterocycles. The fraction of sp³-hybridized carbons (Fsp3) is 0.538. The van der Waals surface area contributed by atoms with Crippen LogP contribution in [0.15, 0.2) is 24.5 Å². The number of halogens is 3. The summed E-state index contributed by atoms with van der Waals surface area (Å²) in [4.78, 5) is 20.7. The molecule has 39 heavy (non-hydrogen) atoms. The van der Waals surface area contributed by atoms with Crippen molar-refractivity contribution in [3.8, 4) is 5.75 Å². The Labute approximate surface area is 223 Å². The van der Waals surface area contributed by atoms with E-state index in [2.05, 4.69) is 49.5 Å². The Morgan fingerprint density at radius 3 is 2.59 bits per heavy atom. The number of nitrogens with zero attached hydrogens (tertiary/aromatic N) is 5. The minimum Gasteiger partial charge on any atom is -0.495 e. The van der Waals surface area contributed by atoms with Gasteiger partial charge in [0.2, 0.25) is 5.95 Å². The largest absolute Gasteiger partial charge is 0.495 e. The fourth-order valence-corrected chi connectivity index (χ4v) is 5.76. The number of alkyl halides is 3. The van der Waals surface area contributed by atoms with Crippen molar-refractivity contribution in [2.75, 3.05) is 39.1 Å². The predicted molar refractivity (Wildman–Crippen MR) is 138 cm³/mol. The average Bonchev–Trinajstić information content (AvgIpc) is 3.30. The number of carboxylic acid groups (broad SMARTS) is 1. The molecule has 1 spiro atoms. The van der Waals surface area contributed by atoms with Gasteiger partial charge in [0, 0.05) is 19.3 Å². The second-order valence-corrected chi connectivity index (χ2v) is 10.6. The van der Waals surface area contributed by atoms with Crippen molar-refractivity contribution in [3.05, 3.63) is 35.7 Å².